The predicted octanol–water partition coefficient (Wildman–Crippen LogP) is 2.16. The molecule has 0 bridgehead atoms. The molecular formula is C14H17N3S. The Bertz CT molecular complexity index is 518. The van der Waals surface area contributed by atoms with Crippen LogP contribution >= 0.6 is 11.3 Å². The maximum Gasteiger partial charge on any atom is 0.0544 e. The number of nitrogens with zero attached hydrogens (tertiary/aromatic N) is 2. The van der Waals surface area contributed by atoms with Gasteiger partial charge < -0.3 is 5.73 Å². The molecule has 0 radical (unpaired) electrons. The molecular weight excluding hydrogens is 242 g/mol. The topological polar surface area (TPSA) is 42.1 Å². The molecule has 2 aromatic rings. The molecule has 1 aliphatic heterocycles. The van der Waals surface area contributed by atoms with Gasteiger partial charge in [0.2, 0.25) is 0 Å². The summed E-state index contributed by atoms with van der Waals surface area (Å²) in [7, 11) is 0. The monoisotopic (exact) mass is 259 g/mol. The highest BCUT2D eigenvalue weighted by atomic mass is 32.1. The molecule has 0 saturated heterocycles. The van der Waals surface area contributed by atoms with Gasteiger partial charge in [0.25, 0.3) is 0 Å². The lowest BCUT2D eigenvalue weighted by molar-refractivity contribution is 0.244. The average molecular weight is 259 g/mol. The summed E-state index contributed by atoms with van der Waals surface area (Å²) < 4.78 is 0. The molecule has 18 heavy (non-hydrogen) atoms. The summed E-state index contributed by atoms with van der Waals surface area (Å²) in [6, 6.07) is 6.41. The van der Waals surface area contributed by atoms with E-state index in [1.807, 2.05) is 17.5 Å². The largest absolute Gasteiger partial charge is 0.326 e. The van der Waals surface area contributed by atoms with Crippen molar-refractivity contribution in [3.8, 4) is 0 Å². The molecule has 0 aromatic carbocycles. The quantitative estimate of drug-likeness (QED) is 0.918. The zero-order valence-corrected chi connectivity index (χ0v) is 11.1. The Morgan fingerprint density at radius 3 is 3.06 bits per heavy atom. The second kappa shape index (κ2) is 5.18. The maximum atomic E-state index is 5.58. The summed E-state index contributed by atoms with van der Waals surface area (Å²) in [5, 5.41) is 2.20. The summed E-state index contributed by atoms with van der Waals surface area (Å²) in [6.45, 7) is 3.68. The van der Waals surface area contributed by atoms with Crippen molar-refractivity contribution in [2.75, 3.05) is 6.54 Å². The minimum atomic E-state index is 0.565. The Morgan fingerprint density at radius 1 is 1.33 bits per heavy atom. The first kappa shape index (κ1) is 11.8. The van der Waals surface area contributed by atoms with Crippen molar-refractivity contribution >= 4 is 11.3 Å². The van der Waals surface area contributed by atoms with E-state index in [2.05, 4.69) is 33.5 Å². The highest BCUT2D eigenvalue weighted by Gasteiger charge is 2.17. The number of thiophene rings is 1. The van der Waals surface area contributed by atoms with Crippen molar-refractivity contribution in [3.63, 3.8) is 0 Å². The lowest BCUT2D eigenvalue weighted by Gasteiger charge is -2.26. The van der Waals surface area contributed by atoms with Crippen LogP contribution in [0.5, 0.6) is 0 Å². The van der Waals surface area contributed by atoms with Crippen LogP contribution in [0.1, 0.15) is 21.7 Å². The van der Waals surface area contributed by atoms with Gasteiger partial charge in [0.05, 0.1) is 5.69 Å². The number of pyridine rings is 1. The van der Waals surface area contributed by atoms with E-state index in [-0.39, 0.29) is 0 Å². The van der Waals surface area contributed by atoms with Crippen molar-refractivity contribution in [2.24, 2.45) is 5.73 Å². The van der Waals surface area contributed by atoms with E-state index in [0.717, 1.165) is 30.9 Å². The van der Waals surface area contributed by atoms with E-state index in [4.69, 9.17) is 5.73 Å². The Balaban J connectivity index is 1.67. The second-order valence-corrected chi connectivity index (χ2v) is 5.69. The molecule has 0 aliphatic carbocycles. The normalized spacial score (nSPS) is 15.6. The molecule has 0 spiro atoms. The van der Waals surface area contributed by atoms with Crippen LogP contribution in [0.3, 0.4) is 0 Å². The smallest absolute Gasteiger partial charge is 0.0544 e. The summed E-state index contributed by atoms with van der Waals surface area (Å²) in [5.41, 5.74) is 9.29. The van der Waals surface area contributed by atoms with Gasteiger partial charge in [-0.25, -0.2) is 0 Å². The van der Waals surface area contributed by atoms with E-state index >= 15 is 0 Å². The molecule has 3 heterocycles. The zero-order valence-electron chi connectivity index (χ0n) is 10.3. The SMILES string of the molecule is NCc1ccc(CN2CCc3sccc3C2)nc1. The van der Waals surface area contributed by atoms with Crippen LogP contribution in [0, 0.1) is 0 Å². The lowest BCUT2D eigenvalue weighted by atomic mass is 10.1. The van der Waals surface area contributed by atoms with Gasteiger partial charge in [-0.1, -0.05) is 6.07 Å². The van der Waals surface area contributed by atoms with E-state index in [0.29, 0.717) is 6.54 Å². The van der Waals surface area contributed by atoms with Crippen LogP contribution in [0.15, 0.2) is 29.8 Å². The van der Waals surface area contributed by atoms with Gasteiger partial charge in [-0.3, -0.25) is 9.88 Å². The van der Waals surface area contributed by atoms with Gasteiger partial charge in [-0.15, -0.1) is 11.3 Å². The molecule has 0 saturated carbocycles. The summed E-state index contributed by atoms with van der Waals surface area (Å²) in [4.78, 5) is 8.48. The molecule has 4 heteroatoms. The fraction of sp³-hybridized carbons (Fsp3) is 0.357. The molecule has 94 valence electrons. The number of rotatable bonds is 3. The van der Waals surface area contributed by atoms with Crippen molar-refractivity contribution in [3.05, 3.63) is 51.5 Å². The number of nitrogens with two attached hydrogens (primary N) is 1. The Morgan fingerprint density at radius 2 is 2.28 bits per heavy atom. The van der Waals surface area contributed by atoms with E-state index in [1.165, 1.54) is 12.0 Å². The molecule has 2 aromatic heterocycles. The van der Waals surface area contributed by atoms with Crippen LogP contribution in [-0.2, 0) is 26.1 Å². The van der Waals surface area contributed by atoms with Gasteiger partial charge in [-0.2, -0.15) is 0 Å². The third-order valence-corrected chi connectivity index (χ3v) is 4.42. The first-order valence-corrected chi connectivity index (χ1v) is 7.14. The maximum absolute atomic E-state index is 5.58. The third-order valence-electron chi connectivity index (χ3n) is 3.39. The van der Waals surface area contributed by atoms with Crippen molar-refractivity contribution in [1.82, 2.24) is 9.88 Å². The van der Waals surface area contributed by atoms with E-state index in [1.54, 1.807) is 4.88 Å². The van der Waals surface area contributed by atoms with E-state index < -0.39 is 0 Å². The van der Waals surface area contributed by atoms with Crippen molar-refractivity contribution in [2.45, 2.75) is 26.1 Å². The highest BCUT2D eigenvalue weighted by Crippen LogP contribution is 2.24. The predicted molar refractivity (Wildman–Crippen MR) is 74.3 cm³/mol. The number of hydrogen-bond acceptors (Lipinski definition) is 4. The van der Waals surface area contributed by atoms with Crippen LogP contribution in [0.2, 0.25) is 0 Å². The van der Waals surface area contributed by atoms with Gasteiger partial charge >= 0.3 is 0 Å². The van der Waals surface area contributed by atoms with Crippen molar-refractivity contribution < 1.29 is 0 Å². The number of fused-ring (bicyclic) bond motifs is 1. The Kier molecular flexibility index (Phi) is 3.41. The van der Waals surface area contributed by atoms with Crippen LogP contribution < -0.4 is 5.73 Å². The summed E-state index contributed by atoms with van der Waals surface area (Å²) in [6.07, 6.45) is 3.06. The minimum absolute atomic E-state index is 0.565. The van der Waals surface area contributed by atoms with Gasteiger partial charge in [0.15, 0.2) is 0 Å². The fourth-order valence-corrected chi connectivity index (χ4v) is 3.23. The highest BCUT2D eigenvalue weighted by molar-refractivity contribution is 7.10. The van der Waals surface area contributed by atoms with Gasteiger partial charge in [-0.05, 0) is 35.1 Å². The Hall–Kier alpha value is -1.23. The van der Waals surface area contributed by atoms with Gasteiger partial charge in [0, 0.05) is 37.3 Å². The second-order valence-electron chi connectivity index (χ2n) is 4.69. The third kappa shape index (κ3) is 2.46. The molecule has 0 amide bonds. The van der Waals surface area contributed by atoms with Crippen LogP contribution in [0.25, 0.3) is 0 Å². The lowest BCUT2D eigenvalue weighted by Crippen LogP contribution is -2.29. The molecule has 2 N–H and O–H groups in total. The van der Waals surface area contributed by atoms with Gasteiger partial charge in [0.1, 0.15) is 0 Å². The molecule has 0 atom stereocenters. The molecule has 0 fully saturated rings. The number of aromatic nitrogens is 1. The number of hydrogen-bond donors (Lipinski definition) is 1. The zero-order chi connectivity index (χ0) is 12.4. The standard InChI is InChI=1S/C14H17N3S/c15-7-11-1-2-13(16-8-11)10-17-5-3-14-12(9-17)4-6-18-14/h1-2,4,6,8H,3,5,7,9-10,15H2. The Labute approximate surface area is 111 Å². The molecule has 1 aliphatic rings. The molecule has 0 unspecified atom stereocenters. The van der Waals surface area contributed by atoms with Crippen LogP contribution in [0.4, 0.5) is 0 Å². The summed E-state index contributed by atoms with van der Waals surface area (Å²) in [5.74, 6) is 0. The first-order valence-electron chi connectivity index (χ1n) is 6.26. The molecule has 3 rings (SSSR count). The average Bonchev–Trinajstić information content (AvgIpc) is 2.87. The van der Waals surface area contributed by atoms with Crippen molar-refractivity contribution in [1.29, 1.82) is 0 Å². The fourth-order valence-electron chi connectivity index (χ4n) is 2.34. The summed E-state index contributed by atoms with van der Waals surface area (Å²) >= 11 is 1.88. The van der Waals surface area contributed by atoms with E-state index in [9.17, 15) is 0 Å². The van der Waals surface area contributed by atoms with Crippen LogP contribution in [-0.4, -0.2) is 16.4 Å². The minimum Gasteiger partial charge on any atom is -0.326 e. The first-order chi connectivity index (χ1) is 8.85. The molecule has 3 nitrogen and oxygen atoms in total.